The summed E-state index contributed by atoms with van der Waals surface area (Å²) in [5.74, 6) is -0.0178. The molecule has 4 heterocycles. The Balaban J connectivity index is 1.54. The third-order valence-corrected chi connectivity index (χ3v) is 4.81. The van der Waals surface area contributed by atoms with Gasteiger partial charge >= 0.3 is 0 Å². The molecule has 3 aliphatic heterocycles. The smallest absolute Gasteiger partial charge is 0.252 e. The number of carbonyl (C=O) groups is 1. The molecule has 0 saturated carbocycles. The summed E-state index contributed by atoms with van der Waals surface area (Å²) >= 11 is 7.22. The standard InChI is InChI=1S/C12H16ClN3OS/c13-11-5-9(8-18-11)12(17)14-6-10-7-15-1-3-16(10)4-2-15/h5,8,10H,1-4,6-7H2,(H,14,17)/t10-/m0/s1. The van der Waals surface area contributed by atoms with Gasteiger partial charge in [0.2, 0.25) is 0 Å². The van der Waals surface area contributed by atoms with Gasteiger partial charge in [0.05, 0.1) is 9.90 Å². The van der Waals surface area contributed by atoms with Crippen LogP contribution in [-0.2, 0) is 0 Å². The SMILES string of the molecule is O=C(NC[C@H]1CN2CCN1CC2)c1csc(Cl)c1. The van der Waals surface area contributed by atoms with E-state index in [9.17, 15) is 4.79 Å². The van der Waals surface area contributed by atoms with Gasteiger partial charge in [0.1, 0.15) is 0 Å². The molecule has 3 aliphatic rings. The summed E-state index contributed by atoms with van der Waals surface area (Å²) < 4.78 is 0.659. The van der Waals surface area contributed by atoms with E-state index in [0.717, 1.165) is 26.2 Å². The van der Waals surface area contributed by atoms with Crippen LogP contribution in [0.25, 0.3) is 0 Å². The van der Waals surface area contributed by atoms with Gasteiger partial charge in [-0.3, -0.25) is 14.6 Å². The zero-order chi connectivity index (χ0) is 12.5. The van der Waals surface area contributed by atoms with Crippen LogP contribution in [0, 0.1) is 0 Å². The molecule has 2 bridgehead atoms. The predicted molar refractivity (Wildman–Crippen MR) is 73.5 cm³/mol. The first kappa shape index (κ1) is 12.4. The molecule has 3 fully saturated rings. The molecule has 0 aromatic carbocycles. The number of halogens is 1. The topological polar surface area (TPSA) is 35.6 Å². The number of carbonyl (C=O) groups excluding carboxylic acids is 1. The molecule has 0 unspecified atom stereocenters. The van der Waals surface area contributed by atoms with Crippen molar-refractivity contribution >= 4 is 28.8 Å². The highest BCUT2D eigenvalue weighted by molar-refractivity contribution is 7.14. The van der Waals surface area contributed by atoms with E-state index in [1.165, 1.54) is 24.4 Å². The molecule has 1 amide bonds. The quantitative estimate of drug-likeness (QED) is 0.904. The molecule has 0 aliphatic carbocycles. The Labute approximate surface area is 116 Å². The summed E-state index contributed by atoms with van der Waals surface area (Å²) in [6.45, 7) is 6.40. The number of thiophene rings is 1. The van der Waals surface area contributed by atoms with Crippen LogP contribution in [0.5, 0.6) is 0 Å². The number of fused-ring (bicyclic) bond motifs is 3. The summed E-state index contributed by atoms with van der Waals surface area (Å²) in [4.78, 5) is 16.9. The molecule has 1 atom stereocenters. The Morgan fingerprint density at radius 1 is 1.44 bits per heavy atom. The van der Waals surface area contributed by atoms with E-state index in [2.05, 4.69) is 15.1 Å². The number of hydrogen-bond acceptors (Lipinski definition) is 4. The van der Waals surface area contributed by atoms with E-state index >= 15 is 0 Å². The first-order valence-electron chi connectivity index (χ1n) is 6.21. The summed E-state index contributed by atoms with van der Waals surface area (Å²) in [5, 5.41) is 4.81. The normalized spacial score (nSPS) is 30.4. The van der Waals surface area contributed by atoms with Crippen molar-refractivity contribution < 1.29 is 4.79 Å². The van der Waals surface area contributed by atoms with Crippen LogP contribution in [0.1, 0.15) is 10.4 Å². The lowest BCUT2D eigenvalue weighted by atomic mass is 10.1. The zero-order valence-electron chi connectivity index (χ0n) is 10.1. The van der Waals surface area contributed by atoms with E-state index < -0.39 is 0 Å². The highest BCUT2D eigenvalue weighted by atomic mass is 35.5. The molecule has 98 valence electrons. The molecule has 1 aromatic rings. The van der Waals surface area contributed by atoms with Crippen molar-refractivity contribution in [1.82, 2.24) is 15.1 Å². The van der Waals surface area contributed by atoms with Crippen LogP contribution < -0.4 is 5.32 Å². The predicted octanol–water partition coefficient (Wildman–Crippen LogP) is 1.13. The van der Waals surface area contributed by atoms with Crippen molar-refractivity contribution in [2.75, 3.05) is 39.3 Å². The number of nitrogens with zero attached hydrogens (tertiary/aromatic N) is 2. The maximum Gasteiger partial charge on any atom is 0.252 e. The molecular formula is C12H16ClN3OS. The molecule has 0 radical (unpaired) electrons. The van der Waals surface area contributed by atoms with E-state index in [-0.39, 0.29) is 5.91 Å². The fourth-order valence-corrected chi connectivity index (χ4v) is 3.52. The molecule has 1 N–H and O–H groups in total. The Morgan fingerprint density at radius 2 is 2.22 bits per heavy atom. The summed E-state index contributed by atoms with van der Waals surface area (Å²) in [5.41, 5.74) is 0.668. The molecule has 4 nitrogen and oxygen atoms in total. The van der Waals surface area contributed by atoms with E-state index in [1.807, 2.05) is 0 Å². The fraction of sp³-hybridized carbons (Fsp3) is 0.583. The Hall–Kier alpha value is -0.620. The average molecular weight is 286 g/mol. The van der Waals surface area contributed by atoms with E-state index in [1.54, 1.807) is 11.4 Å². The monoisotopic (exact) mass is 285 g/mol. The molecule has 18 heavy (non-hydrogen) atoms. The van der Waals surface area contributed by atoms with Gasteiger partial charge in [0.25, 0.3) is 5.91 Å². The lowest BCUT2D eigenvalue weighted by molar-refractivity contribution is 0.0138. The van der Waals surface area contributed by atoms with Gasteiger partial charge in [-0.15, -0.1) is 11.3 Å². The molecule has 4 rings (SSSR count). The fourth-order valence-electron chi connectivity index (χ4n) is 2.66. The molecule has 3 saturated heterocycles. The first-order valence-corrected chi connectivity index (χ1v) is 7.47. The number of rotatable bonds is 3. The van der Waals surface area contributed by atoms with E-state index in [4.69, 9.17) is 11.6 Å². The van der Waals surface area contributed by atoms with Crippen molar-refractivity contribution in [1.29, 1.82) is 0 Å². The second-order valence-corrected chi connectivity index (χ2v) is 6.38. The van der Waals surface area contributed by atoms with Crippen LogP contribution in [0.3, 0.4) is 0 Å². The number of hydrogen-bond donors (Lipinski definition) is 1. The maximum absolute atomic E-state index is 11.9. The van der Waals surface area contributed by atoms with E-state index in [0.29, 0.717) is 15.9 Å². The minimum atomic E-state index is -0.0178. The summed E-state index contributed by atoms with van der Waals surface area (Å²) in [7, 11) is 0. The molecule has 6 heteroatoms. The zero-order valence-corrected chi connectivity index (χ0v) is 11.6. The van der Waals surface area contributed by atoms with Gasteiger partial charge in [-0.1, -0.05) is 11.6 Å². The van der Waals surface area contributed by atoms with Crippen LogP contribution in [-0.4, -0.2) is 61.0 Å². The maximum atomic E-state index is 11.9. The lowest BCUT2D eigenvalue weighted by Crippen LogP contribution is -2.63. The second kappa shape index (κ2) is 5.17. The Morgan fingerprint density at radius 3 is 2.78 bits per heavy atom. The van der Waals surface area contributed by atoms with Crippen molar-refractivity contribution in [3.05, 3.63) is 21.3 Å². The minimum Gasteiger partial charge on any atom is -0.350 e. The van der Waals surface area contributed by atoms with Crippen molar-refractivity contribution in [2.45, 2.75) is 6.04 Å². The number of piperazine rings is 3. The minimum absolute atomic E-state index is 0.0178. The first-order chi connectivity index (χ1) is 8.72. The van der Waals surface area contributed by atoms with Crippen LogP contribution in [0.15, 0.2) is 11.4 Å². The average Bonchev–Trinajstić information content (AvgIpc) is 2.84. The largest absolute Gasteiger partial charge is 0.350 e. The lowest BCUT2D eigenvalue weighted by Gasteiger charge is -2.47. The van der Waals surface area contributed by atoms with Crippen molar-refractivity contribution in [3.8, 4) is 0 Å². The van der Waals surface area contributed by atoms with Crippen molar-refractivity contribution in [3.63, 3.8) is 0 Å². The Bertz CT molecular complexity index is 442. The summed E-state index contributed by atoms with van der Waals surface area (Å²) in [6, 6.07) is 2.18. The van der Waals surface area contributed by atoms with Gasteiger partial charge in [-0.2, -0.15) is 0 Å². The number of amides is 1. The van der Waals surface area contributed by atoms with Crippen LogP contribution >= 0.6 is 22.9 Å². The molecular weight excluding hydrogens is 270 g/mol. The third-order valence-electron chi connectivity index (χ3n) is 3.72. The number of nitrogens with one attached hydrogen (secondary N) is 1. The van der Waals surface area contributed by atoms with Gasteiger partial charge < -0.3 is 5.32 Å². The Kier molecular flexibility index (Phi) is 3.56. The molecule has 1 aromatic heterocycles. The van der Waals surface area contributed by atoms with Gasteiger partial charge in [0, 0.05) is 50.7 Å². The van der Waals surface area contributed by atoms with Gasteiger partial charge in [-0.05, 0) is 6.07 Å². The highest BCUT2D eigenvalue weighted by Crippen LogP contribution is 2.20. The van der Waals surface area contributed by atoms with Gasteiger partial charge in [-0.25, -0.2) is 0 Å². The third kappa shape index (κ3) is 2.54. The van der Waals surface area contributed by atoms with Crippen LogP contribution in [0.4, 0.5) is 0 Å². The highest BCUT2D eigenvalue weighted by Gasteiger charge is 2.31. The second-order valence-electron chi connectivity index (χ2n) is 4.84. The van der Waals surface area contributed by atoms with Crippen LogP contribution in [0.2, 0.25) is 4.34 Å². The summed E-state index contributed by atoms with van der Waals surface area (Å²) in [6.07, 6.45) is 0. The van der Waals surface area contributed by atoms with Gasteiger partial charge in [0.15, 0.2) is 0 Å². The molecule has 0 spiro atoms. The van der Waals surface area contributed by atoms with Crippen molar-refractivity contribution in [2.24, 2.45) is 0 Å².